The van der Waals surface area contributed by atoms with Crippen molar-refractivity contribution in [3.05, 3.63) is 29.8 Å². The Balaban J connectivity index is 0.00000169. The van der Waals surface area contributed by atoms with Gasteiger partial charge >= 0.3 is 0 Å². The highest BCUT2D eigenvalue weighted by Gasteiger charge is 1.94. The lowest BCUT2D eigenvalue weighted by atomic mass is 10.2. The lowest BCUT2D eigenvalue weighted by Crippen LogP contribution is -3.00. The predicted octanol–water partition coefficient (Wildman–Crippen LogP) is -2.62. The van der Waals surface area contributed by atoms with Gasteiger partial charge in [-0.15, -0.1) is 6.42 Å². The van der Waals surface area contributed by atoms with Gasteiger partial charge in [0, 0.05) is 0 Å². The third kappa shape index (κ3) is 4.15. The fraction of sp³-hybridized carbons (Fsp3) is 0.200. The first-order valence-electron chi connectivity index (χ1n) is 3.89. The van der Waals surface area contributed by atoms with E-state index < -0.39 is 0 Å². The third-order valence-corrected chi connectivity index (χ3v) is 1.51. The summed E-state index contributed by atoms with van der Waals surface area (Å²) in [6, 6.07) is 7.53. The van der Waals surface area contributed by atoms with Crippen LogP contribution in [0.4, 0.5) is 0 Å². The second kappa shape index (κ2) is 7.22. The van der Waals surface area contributed by atoms with Crippen LogP contribution in [-0.2, 0) is 11.4 Å². The second-order valence-electron chi connectivity index (χ2n) is 2.49. The Morgan fingerprint density at radius 1 is 1.29 bits per heavy atom. The molecule has 1 rings (SSSR count). The molecule has 0 spiro atoms. The molecule has 0 radical (unpaired) electrons. The van der Waals surface area contributed by atoms with Gasteiger partial charge in [-0.05, 0) is 17.7 Å². The summed E-state index contributed by atoms with van der Waals surface area (Å²) < 4.78 is 5.20. The highest BCUT2D eigenvalue weighted by molar-refractivity contribution is 5.27. The van der Waals surface area contributed by atoms with Crippen LogP contribution in [-0.4, -0.2) is 6.61 Å². The monoisotopic (exact) mass is 213 g/mol. The Hall–Kier alpha value is -1.21. The summed E-state index contributed by atoms with van der Waals surface area (Å²) in [4.78, 5) is 4.73. The number of halogens is 1. The van der Waals surface area contributed by atoms with Gasteiger partial charge in [-0.3, -0.25) is 0 Å². The van der Waals surface area contributed by atoms with Crippen LogP contribution in [0.5, 0.6) is 5.75 Å². The molecule has 0 aromatic heterocycles. The SMILES string of the molecule is C#CCOc1ccc(CO[NH3+])cc1.[Cl-]. The number of benzene rings is 1. The molecule has 0 aliphatic carbocycles. The summed E-state index contributed by atoms with van der Waals surface area (Å²) in [5.41, 5.74) is 1.06. The summed E-state index contributed by atoms with van der Waals surface area (Å²) in [5, 5.41) is 0. The normalized spacial score (nSPS) is 8.57. The van der Waals surface area contributed by atoms with E-state index in [1.165, 1.54) is 0 Å². The van der Waals surface area contributed by atoms with Gasteiger partial charge in [0.2, 0.25) is 0 Å². The molecule has 3 N–H and O–H groups in total. The molecule has 0 bridgehead atoms. The molecule has 14 heavy (non-hydrogen) atoms. The van der Waals surface area contributed by atoms with Gasteiger partial charge in [0.15, 0.2) is 0 Å². The minimum atomic E-state index is 0. The highest BCUT2D eigenvalue weighted by atomic mass is 35.5. The third-order valence-electron chi connectivity index (χ3n) is 1.51. The predicted molar refractivity (Wildman–Crippen MR) is 48.4 cm³/mol. The largest absolute Gasteiger partial charge is 1.00 e. The number of hydrogen-bond acceptors (Lipinski definition) is 2. The summed E-state index contributed by atoms with van der Waals surface area (Å²) in [5.74, 6) is 6.46. The number of quaternary nitrogens is 1. The molecule has 0 saturated heterocycles. The van der Waals surface area contributed by atoms with Gasteiger partial charge in [-0.2, -0.15) is 0 Å². The summed E-state index contributed by atoms with van der Waals surface area (Å²) in [6.45, 7) is 0.806. The molecule has 3 nitrogen and oxygen atoms in total. The van der Waals surface area contributed by atoms with Crippen molar-refractivity contribution in [1.29, 1.82) is 0 Å². The van der Waals surface area contributed by atoms with Crippen molar-refractivity contribution in [3.8, 4) is 18.1 Å². The van der Waals surface area contributed by atoms with Crippen molar-refractivity contribution in [1.82, 2.24) is 0 Å². The first-order valence-corrected chi connectivity index (χ1v) is 3.89. The van der Waals surface area contributed by atoms with Crippen molar-refractivity contribution in [2.75, 3.05) is 6.61 Å². The van der Waals surface area contributed by atoms with Crippen LogP contribution in [0.3, 0.4) is 0 Å². The maximum Gasteiger partial charge on any atom is 0.148 e. The van der Waals surface area contributed by atoms with Crippen LogP contribution in [0.15, 0.2) is 24.3 Å². The Morgan fingerprint density at radius 3 is 2.43 bits per heavy atom. The molecule has 0 amide bonds. The minimum Gasteiger partial charge on any atom is -1.00 e. The van der Waals surface area contributed by atoms with E-state index in [2.05, 4.69) is 11.8 Å². The van der Waals surface area contributed by atoms with Crippen LogP contribution in [0.1, 0.15) is 5.56 Å². The van der Waals surface area contributed by atoms with Gasteiger partial charge < -0.3 is 17.1 Å². The summed E-state index contributed by atoms with van der Waals surface area (Å²) in [6.07, 6.45) is 5.05. The molecule has 1 aromatic rings. The van der Waals surface area contributed by atoms with Crippen LogP contribution < -0.4 is 23.0 Å². The number of ether oxygens (including phenoxy) is 1. The fourth-order valence-corrected chi connectivity index (χ4v) is 0.925. The van der Waals surface area contributed by atoms with Crippen molar-refractivity contribution in [2.24, 2.45) is 0 Å². The van der Waals surface area contributed by atoms with Crippen LogP contribution >= 0.6 is 0 Å². The van der Waals surface area contributed by atoms with E-state index in [4.69, 9.17) is 16.0 Å². The molecule has 0 atom stereocenters. The Morgan fingerprint density at radius 2 is 1.93 bits per heavy atom. The quantitative estimate of drug-likeness (QED) is 0.440. The average molecular weight is 214 g/mol. The molecular formula is C10H12ClNO2. The van der Waals surface area contributed by atoms with E-state index in [9.17, 15) is 0 Å². The molecule has 76 valence electrons. The Bertz CT molecular complexity index is 292. The summed E-state index contributed by atoms with van der Waals surface area (Å²) >= 11 is 0. The van der Waals surface area contributed by atoms with Crippen molar-refractivity contribution in [2.45, 2.75) is 6.61 Å². The van der Waals surface area contributed by atoms with Gasteiger partial charge in [-0.25, -0.2) is 10.7 Å². The van der Waals surface area contributed by atoms with Crippen LogP contribution in [0.25, 0.3) is 0 Å². The first kappa shape index (κ1) is 12.8. The Kier molecular flexibility index (Phi) is 6.59. The van der Waals surface area contributed by atoms with E-state index in [-0.39, 0.29) is 12.4 Å². The zero-order valence-electron chi connectivity index (χ0n) is 7.70. The van der Waals surface area contributed by atoms with Crippen molar-refractivity contribution < 1.29 is 27.9 Å². The van der Waals surface area contributed by atoms with Crippen molar-refractivity contribution in [3.63, 3.8) is 0 Å². The van der Waals surface area contributed by atoms with Crippen molar-refractivity contribution >= 4 is 0 Å². The average Bonchev–Trinajstić information content (AvgIpc) is 2.17. The van der Waals surface area contributed by atoms with E-state index in [0.717, 1.165) is 11.3 Å². The molecule has 0 aliphatic rings. The fourth-order valence-electron chi connectivity index (χ4n) is 0.925. The summed E-state index contributed by atoms with van der Waals surface area (Å²) in [7, 11) is 0. The van der Waals surface area contributed by atoms with Crippen LogP contribution in [0, 0.1) is 12.3 Å². The second-order valence-corrected chi connectivity index (χ2v) is 2.49. The molecule has 0 heterocycles. The molecule has 0 aliphatic heterocycles. The molecule has 0 fully saturated rings. The molecule has 0 saturated carbocycles. The Labute approximate surface area is 89.6 Å². The zero-order valence-corrected chi connectivity index (χ0v) is 8.46. The smallest absolute Gasteiger partial charge is 0.148 e. The number of rotatable bonds is 4. The number of terminal acetylenes is 1. The maximum atomic E-state index is 5.20. The number of hydrogen-bond donors (Lipinski definition) is 1. The lowest BCUT2D eigenvalue weighted by Gasteiger charge is -2.02. The zero-order chi connectivity index (χ0) is 9.52. The van der Waals surface area contributed by atoms with E-state index in [1.807, 2.05) is 24.3 Å². The van der Waals surface area contributed by atoms with E-state index in [0.29, 0.717) is 13.2 Å². The molecule has 0 unspecified atom stereocenters. The minimum absolute atomic E-state index is 0. The maximum absolute atomic E-state index is 5.20. The molecule has 1 aromatic carbocycles. The van der Waals surface area contributed by atoms with Gasteiger partial charge in [0.25, 0.3) is 0 Å². The highest BCUT2D eigenvalue weighted by Crippen LogP contribution is 2.11. The van der Waals surface area contributed by atoms with Gasteiger partial charge in [-0.1, -0.05) is 18.1 Å². The van der Waals surface area contributed by atoms with E-state index >= 15 is 0 Å². The standard InChI is InChI=1S/C10H12NO2.ClH/c1-2-7-12-10-5-3-9(4-6-10)8-13-11;/h1,3-6H,7-8H2,11H3;1H/q+1;/p-1. The van der Waals surface area contributed by atoms with Gasteiger partial charge in [0.1, 0.15) is 19.0 Å². The molecular weight excluding hydrogens is 202 g/mol. The lowest BCUT2D eigenvalue weighted by molar-refractivity contribution is -0.695. The van der Waals surface area contributed by atoms with Gasteiger partial charge in [0.05, 0.1) is 0 Å². The molecule has 4 heteroatoms. The first-order chi connectivity index (χ1) is 6.36. The van der Waals surface area contributed by atoms with E-state index in [1.54, 1.807) is 0 Å². The topological polar surface area (TPSA) is 46.1 Å². The van der Waals surface area contributed by atoms with Crippen LogP contribution in [0.2, 0.25) is 0 Å².